The number of piperidine rings is 1. The van der Waals surface area contributed by atoms with Crippen molar-refractivity contribution in [2.45, 2.75) is 70.4 Å². The number of amides is 1. The maximum Gasteiger partial charge on any atom is 0.233 e. The number of hydrogen-bond donors (Lipinski definition) is 0. The van der Waals surface area contributed by atoms with Crippen LogP contribution in [0.15, 0.2) is 5.16 Å². The minimum atomic E-state index is 0.207. The Kier molecular flexibility index (Phi) is 5.47. The van der Waals surface area contributed by atoms with Crippen LogP contribution in [0.1, 0.15) is 68.6 Å². The number of carbonyl (C=O) groups excluding carboxylic acids is 1. The average molecular weight is 444 g/mol. The van der Waals surface area contributed by atoms with Crippen molar-refractivity contribution in [3.63, 3.8) is 0 Å². The molecule has 8 heteroatoms. The normalized spacial score (nSPS) is 19.7. The highest BCUT2D eigenvalue weighted by atomic mass is 32.2. The Bertz CT molecular complexity index is 1100. The molecule has 2 aliphatic rings. The monoisotopic (exact) mass is 443 g/mol. The minimum absolute atomic E-state index is 0.207. The van der Waals surface area contributed by atoms with E-state index in [1.807, 2.05) is 16.2 Å². The average Bonchev–Trinajstić information content (AvgIpc) is 3.32. The van der Waals surface area contributed by atoms with Crippen LogP contribution >= 0.6 is 23.1 Å². The molecule has 4 heterocycles. The standard InChI is InChI=1S/C22H29N5OS2/c1-13(2)19-23-21-18(15-8-7-14(3)11-16(15)30-21)20-24-25-22(27(19)20)29-12-17(28)26-9-5-4-6-10-26/h13-14H,4-12H2,1-3H3/t14-/m1/s1. The maximum absolute atomic E-state index is 12.7. The number of aromatic nitrogens is 4. The Morgan fingerprint density at radius 2 is 2.03 bits per heavy atom. The number of rotatable bonds is 4. The molecule has 0 bridgehead atoms. The molecular weight excluding hydrogens is 414 g/mol. The molecule has 1 fully saturated rings. The van der Waals surface area contributed by atoms with Crippen LogP contribution in [-0.2, 0) is 17.6 Å². The van der Waals surface area contributed by atoms with Gasteiger partial charge in [0.1, 0.15) is 10.7 Å². The third kappa shape index (κ3) is 3.51. The summed E-state index contributed by atoms with van der Waals surface area (Å²) in [6, 6.07) is 0. The molecule has 0 N–H and O–H groups in total. The van der Waals surface area contributed by atoms with Gasteiger partial charge in [0.2, 0.25) is 5.91 Å². The van der Waals surface area contributed by atoms with Crippen LogP contribution in [0.2, 0.25) is 0 Å². The van der Waals surface area contributed by atoms with Gasteiger partial charge in [-0.1, -0.05) is 32.5 Å². The molecule has 0 aromatic carbocycles. The van der Waals surface area contributed by atoms with Gasteiger partial charge in [0, 0.05) is 23.9 Å². The lowest BCUT2D eigenvalue weighted by atomic mass is 9.89. The lowest BCUT2D eigenvalue weighted by Gasteiger charge is -2.26. The van der Waals surface area contributed by atoms with Crippen molar-refractivity contribution < 1.29 is 4.79 Å². The fourth-order valence-corrected chi connectivity index (χ4v) is 6.91. The van der Waals surface area contributed by atoms with Crippen LogP contribution in [0.3, 0.4) is 0 Å². The predicted octanol–water partition coefficient (Wildman–Crippen LogP) is 4.69. The highest BCUT2D eigenvalue weighted by Crippen LogP contribution is 2.40. The van der Waals surface area contributed by atoms with E-state index in [0.29, 0.717) is 5.75 Å². The zero-order chi connectivity index (χ0) is 20.8. The van der Waals surface area contributed by atoms with Gasteiger partial charge in [-0.15, -0.1) is 21.5 Å². The number of fused-ring (bicyclic) bond motifs is 5. The summed E-state index contributed by atoms with van der Waals surface area (Å²) in [5.41, 5.74) is 2.35. The number of carbonyl (C=O) groups is 1. The Morgan fingerprint density at radius 1 is 1.23 bits per heavy atom. The third-order valence-electron chi connectivity index (χ3n) is 6.35. The molecule has 0 spiro atoms. The molecule has 160 valence electrons. The summed E-state index contributed by atoms with van der Waals surface area (Å²) in [7, 11) is 0. The topological polar surface area (TPSA) is 63.4 Å². The van der Waals surface area contributed by atoms with Crippen LogP contribution in [0.25, 0.3) is 15.9 Å². The largest absolute Gasteiger partial charge is 0.342 e. The smallest absolute Gasteiger partial charge is 0.233 e. The molecule has 5 rings (SSSR count). The van der Waals surface area contributed by atoms with Gasteiger partial charge in [0.25, 0.3) is 0 Å². The Hall–Kier alpha value is -1.67. The Labute approximate surface area is 185 Å². The van der Waals surface area contributed by atoms with Gasteiger partial charge in [-0.05, 0) is 50.0 Å². The van der Waals surface area contributed by atoms with Gasteiger partial charge >= 0.3 is 0 Å². The van der Waals surface area contributed by atoms with Crippen LogP contribution < -0.4 is 0 Å². The first kappa shape index (κ1) is 20.2. The molecule has 3 aromatic heterocycles. The van der Waals surface area contributed by atoms with Crippen LogP contribution in [0.5, 0.6) is 0 Å². The quantitative estimate of drug-likeness (QED) is 0.547. The summed E-state index contributed by atoms with van der Waals surface area (Å²) in [6.07, 6.45) is 6.92. The zero-order valence-electron chi connectivity index (χ0n) is 18.0. The number of thioether (sulfide) groups is 1. The minimum Gasteiger partial charge on any atom is -0.342 e. The van der Waals surface area contributed by atoms with Gasteiger partial charge in [0.15, 0.2) is 10.8 Å². The van der Waals surface area contributed by atoms with E-state index < -0.39 is 0 Å². The molecule has 1 saturated heterocycles. The van der Waals surface area contributed by atoms with E-state index in [1.165, 1.54) is 40.4 Å². The van der Waals surface area contributed by atoms with Crippen molar-refractivity contribution in [3.05, 3.63) is 16.3 Å². The van der Waals surface area contributed by atoms with E-state index in [9.17, 15) is 4.79 Å². The number of likely N-dealkylation sites (tertiary alicyclic amines) is 1. The number of thiophene rings is 1. The number of hydrogen-bond acceptors (Lipinski definition) is 6. The molecule has 6 nitrogen and oxygen atoms in total. The molecule has 1 aliphatic carbocycles. The first-order chi connectivity index (χ1) is 14.5. The lowest BCUT2D eigenvalue weighted by Crippen LogP contribution is -2.36. The summed E-state index contributed by atoms with van der Waals surface area (Å²) < 4.78 is 2.12. The summed E-state index contributed by atoms with van der Waals surface area (Å²) in [4.78, 5) is 22.3. The second-order valence-electron chi connectivity index (χ2n) is 9.03. The third-order valence-corrected chi connectivity index (χ3v) is 8.41. The van der Waals surface area contributed by atoms with E-state index in [4.69, 9.17) is 4.98 Å². The van der Waals surface area contributed by atoms with Crippen LogP contribution in [0.4, 0.5) is 0 Å². The molecule has 3 aromatic rings. The SMILES string of the molecule is CC(C)c1nc2sc3c(c2c2nnc(SCC(=O)N4CCCCC4)n12)CC[C@@H](C)C3. The highest BCUT2D eigenvalue weighted by Gasteiger charge is 2.26. The molecular formula is C22H29N5OS2. The Balaban J connectivity index is 1.53. The summed E-state index contributed by atoms with van der Waals surface area (Å²) in [6.45, 7) is 8.44. The molecule has 1 amide bonds. The van der Waals surface area contributed by atoms with Crippen molar-refractivity contribution in [1.82, 2.24) is 24.5 Å². The lowest BCUT2D eigenvalue weighted by molar-refractivity contribution is -0.129. The fraction of sp³-hybridized carbons (Fsp3) is 0.636. The second kappa shape index (κ2) is 8.11. The van der Waals surface area contributed by atoms with Crippen LogP contribution in [-0.4, -0.2) is 49.2 Å². The number of nitrogens with zero attached hydrogens (tertiary/aromatic N) is 5. The van der Waals surface area contributed by atoms with Crippen molar-refractivity contribution in [2.75, 3.05) is 18.8 Å². The van der Waals surface area contributed by atoms with E-state index in [0.717, 1.165) is 66.1 Å². The fourth-order valence-electron chi connectivity index (χ4n) is 4.68. The molecule has 0 saturated carbocycles. The van der Waals surface area contributed by atoms with E-state index in [2.05, 4.69) is 35.4 Å². The van der Waals surface area contributed by atoms with Crippen molar-refractivity contribution in [3.8, 4) is 0 Å². The second-order valence-corrected chi connectivity index (χ2v) is 11.1. The van der Waals surface area contributed by atoms with Gasteiger partial charge in [-0.25, -0.2) is 4.98 Å². The van der Waals surface area contributed by atoms with Gasteiger partial charge in [-0.2, -0.15) is 0 Å². The first-order valence-corrected chi connectivity index (χ1v) is 12.9. The highest BCUT2D eigenvalue weighted by molar-refractivity contribution is 7.99. The Morgan fingerprint density at radius 3 is 2.80 bits per heavy atom. The molecule has 0 unspecified atom stereocenters. The summed E-state index contributed by atoms with van der Waals surface area (Å²) in [5.74, 6) is 2.59. The van der Waals surface area contributed by atoms with Crippen molar-refractivity contribution >= 4 is 44.9 Å². The van der Waals surface area contributed by atoms with E-state index >= 15 is 0 Å². The molecule has 1 atom stereocenters. The number of aryl methyl sites for hydroxylation is 1. The van der Waals surface area contributed by atoms with Crippen molar-refractivity contribution in [2.24, 2.45) is 5.92 Å². The first-order valence-electron chi connectivity index (χ1n) is 11.1. The predicted molar refractivity (Wildman–Crippen MR) is 123 cm³/mol. The van der Waals surface area contributed by atoms with Gasteiger partial charge in [-0.3, -0.25) is 9.20 Å². The zero-order valence-corrected chi connectivity index (χ0v) is 19.6. The molecule has 1 aliphatic heterocycles. The van der Waals surface area contributed by atoms with E-state index in [-0.39, 0.29) is 11.8 Å². The van der Waals surface area contributed by atoms with Gasteiger partial charge < -0.3 is 4.90 Å². The molecule has 0 radical (unpaired) electrons. The maximum atomic E-state index is 12.7. The summed E-state index contributed by atoms with van der Waals surface area (Å²) in [5, 5.41) is 11.1. The van der Waals surface area contributed by atoms with Gasteiger partial charge in [0.05, 0.1) is 11.1 Å². The molecule has 30 heavy (non-hydrogen) atoms. The van der Waals surface area contributed by atoms with Crippen LogP contribution in [0, 0.1) is 5.92 Å². The van der Waals surface area contributed by atoms with Crippen molar-refractivity contribution in [1.29, 1.82) is 0 Å². The summed E-state index contributed by atoms with van der Waals surface area (Å²) >= 11 is 3.34. The van der Waals surface area contributed by atoms with E-state index in [1.54, 1.807) is 0 Å².